The molecule has 0 amide bonds. The van der Waals surface area contributed by atoms with Crippen molar-refractivity contribution in [1.29, 1.82) is 0 Å². The van der Waals surface area contributed by atoms with Gasteiger partial charge in [-0.15, -0.1) is 0 Å². The maximum Gasteiger partial charge on any atom is 0.0606 e. The Balaban J connectivity index is 1.47. The molecule has 1 aliphatic rings. The van der Waals surface area contributed by atoms with Crippen molar-refractivity contribution in [2.45, 2.75) is 25.3 Å². The van der Waals surface area contributed by atoms with Gasteiger partial charge in [0.25, 0.3) is 0 Å². The highest BCUT2D eigenvalue weighted by Gasteiger charge is 2.25. The van der Waals surface area contributed by atoms with Crippen LogP contribution < -0.4 is 0 Å². The van der Waals surface area contributed by atoms with E-state index in [-0.39, 0.29) is 6.61 Å². The zero-order valence-corrected chi connectivity index (χ0v) is 16.1. The van der Waals surface area contributed by atoms with Crippen LogP contribution >= 0.6 is 0 Å². The zero-order chi connectivity index (χ0) is 18.7. The lowest BCUT2D eigenvalue weighted by Crippen LogP contribution is -2.53. The smallest absolute Gasteiger partial charge is 0.0606 e. The van der Waals surface area contributed by atoms with Gasteiger partial charge < -0.3 is 5.11 Å². The van der Waals surface area contributed by atoms with E-state index in [1.54, 1.807) is 0 Å². The Morgan fingerprint density at radius 3 is 2.44 bits per heavy atom. The Kier molecular flexibility index (Phi) is 7.92. The number of rotatable bonds is 7. The Labute approximate surface area is 163 Å². The van der Waals surface area contributed by atoms with E-state index in [0.29, 0.717) is 6.04 Å². The second-order valence-corrected chi connectivity index (χ2v) is 7.19. The minimum absolute atomic E-state index is 0.253. The van der Waals surface area contributed by atoms with Crippen LogP contribution in [0.5, 0.6) is 0 Å². The molecule has 1 saturated heterocycles. The van der Waals surface area contributed by atoms with Gasteiger partial charge in [-0.2, -0.15) is 0 Å². The molecular weight excluding hydrogens is 332 g/mol. The zero-order valence-electron chi connectivity index (χ0n) is 16.1. The van der Waals surface area contributed by atoms with Gasteiger partial charge in [0, 0.05) is 37.8 Å². The third-order valence-electron chi connectivity index (χ3n) is 5.21. The van der Waals surface area contributed by atoms with Crippen LogP contribution in [0.1, 0.15) is 24.0 Å². The summed E-state index contributed by atoms with van der Waals surface area (Å²) in [5.74, 6) is 6.56. The molecule has 142 valence electrons. The quantitative estimate of drug-likeness (QED) is 0.767. The van der Waals surface area contributed by atoms with Gasteiger partial charge in [0.15, 0.2) is 0 Å². The van der Waals surface area contributed by atoms with Crippen molar-refractivity contribution in [2.24, 2.45) is 0 Å². The summed E-state index contributed by atoms with van der Waals surface area (Å²) in [6, 6.07) is 21.3. The van der Waals surface area contributed by atoms with Crippen LogP contribution in [0, 0.1) is 11.8 Å². The molecule has 1 aliphatic heterocycles. The monoisotopic (exact) mass is 362 g/mol. The van der Waals surface area contributed by atoms with Crippen molar-refractivity contribution < 1.29 is 5.11 Å². The molecule has 0 spiro atoms. The molecule has 1 heterocycles. The fourth-order valence-corrected chi connectivity index (χ4v) is 3.72. The van der Waals surface area contributed by atoms with Crippen LogP contribution in [0.15, 0.2) is 60.7 Å². The molecule has 0 aliphatic carbocycles. The molecule has 2 aromatic carbocycles. The molecule has 0 radical (unpaired) electrons. The summed E-state index contributed by atoms with van der Waals surface area (Å²) >= 11 is 0. The average molecular weight is 363 g/mol. The predicted molar refractivity (Wildman–Crippen MR) is 112 cm³/mol. The minimum Gasteiger partial charge on any atom is -0.396 e. The second kappa shape index (κ2) is 10.9. The number of piperazine rings is 1. The average Bonchev–Trinajstić information content (AvgIpc) is 2.71. The van der Waals surface area contributed by atoms with Crippen molar-refractivity contribution >= 4 is 0 Å². The van der Waals surface area contributed by atoms with E-state index in [4.69, 9.17) is 0 Å². The highest BCUT2D eigenvalue weighted by molar-refractivity contribution is 5.33. The Morgan fingerprint density at radius 2 is 1.70 bits per heavy atom. The van der Waals surface area contributed by atoms with Gasteiger partial charge in [0.05, 0.1) is 6.54 Å². The lowest BCUT2D eigenvalue weighted by atomic mass is 10.1. The van der Waals surface area contributed by atoms with E-state index in [1.807, 2.05) is 30.3 Å². The molecule has 3 heteroatoms. The first-order valence-corrected chi connectivity index (χ1v) is 10.0. The number of benzene rings is 2. The Bertz CT molecular complexity index is 720. The summed E-state index contributed by atoms with van der Waals surface area (Å²) < 4.78 is 0. The van der Waals surface area contributed by atoms with Crippen LogP contribution in [0.25, 0.3) is 0 Å². The van der Waals surface area contributed by atoms with Gasteiger partial charge in [-0.25, -0.2) is 0 Å². The normalized spacial score (nSPS) is 18.0. The van der Waals surface area contributed by atoms with Crippen LogP contribution in [0.2, 0.25) is 0 Å². The highest BCUT2D eigenvalue weighted by Crippen LogP contribution is 2.14. The van der Waals surface area contributed by atoms with Crippen molar-refractivity contribution in [2.75, 3.05) is 39.3 Å². The fraction of sp³-hybridized carbons (Fsp3) is 0.417. The van der Waals surface area contributed by atoms with E-state index < -0.39 is 0 Å². The molecule has 2 aromatic rings. The molecule has 0 bridgehead atoms. The largest absolute Gasteiger partial charge is 0.396 e. The Morgan fingerprint density at radius 1 is 0.963 bits per heavy atom. The molecule has 1 N–H and O–H groups in total. The van der Waals surface area contributed by atoms with E-state index in [2.05, 4.69) is 52.0 Å². The van der Waals surface area contributed by atoms with Crippen molar-refractivity contribution in [3.8, 4) is 11.8 Å². The van der Waals surface area contributed by atoms with Gasteiger partial charge in [0.1, 0.15) is 0 Å². The van der Waals surface area contributed by atoms with E-state index in [1.165, 1.54) is 12.0 Å². The van der Waals surface area contributed by atoms with Crippen molar-refractivity contribution in [3.63, 3.8) is 0 Å². The number of aliphatic hydroxyl groups is 1. The maximum atomic E-state index is 9.48. The van der Waals surface area contributed by atoms with Gasteiger partial charge in [-0.05, 0) is 43.5 Å². The predicted octanol–water partition coefficient (Wildman–Crippen LogP) is 3.04. The molecule has 3 nitrogen and oxygen atoms in total. The van der Waals surface area contributed by atoms with Crippen LogP contribution in [0.3, 0.4) is 0 Å². The third kappa shape index (κ3) is 6.52. The number of hydrogen-bond donors (Lipinski definition) is 1. The summed E-state index contributed by atoms with van der Waals surface area (Å²) in [6.45, 7) is 5.26. The van der Waals surface area contributed by atoms with Gasteiger partial charge in [-0.3, -0.25) is 9.80 Å². The van der Waals surface area contributed by atoms with Gasteiger partial charge in [-0.1, -0.05) is 60.4 Å². The fourth-order valence-electron chi connectivity index (χ4n) is 3.72. The molecule has 1 fully saturated rings. The van der Waals surface area contributed by atoms with Crippen molar-refractivity contribution in [1.82, 2.24) is 9.80 Å². The van der Waals surface area contributed by atoms with E-state index in [9.17, 15) is 5.11 Å². The first-order valence-electron chi connectivity index (χ1n) is 10.0. The van der Waals surface area contributed by atoms with Crippen LogP contribution in [-0.2, 0) is 6.42 Å². The summed E-state index contributed by atoms with van der Waals surface area (Å²) in [5, 5.41) is 9.48. The molecule has 0 unspecified atom stereocenters. The number of nitrogens with zero attached hydrogens (tertiary/aromatic N) is 2. The minimum atomic E-state index is 0.253. The van der Waals surface area contributed by atoms with E-state index >= 15 is 0 Å². The second-order valence-electron chi connectivity index (χ2n) is 7.19. The van der Waals surface area contributed by atoms with E-state index in [0.717, 1.165) is 51.1 Å². The lowest BCUT2D eigenvalue weighted by molar-refractivity contribution is 0.0655. The van der Waals surface area contributed by atoms with Gasteiger partial charge in [0.2, 0.25) is 0 Å². The number of aliphatic hydroxyl groups excluding tert-OH is 1. The highest BCUT2D eigenvalue weighted by atomic mass is 16.3. The summed E-state index contributed by atoms with van der Waals surface area (Å²) in [4.78, 5) is 4.98. The Hall–Kier alpha value is -2.12. The number of hydrogen-bond acceptors (Lipinski definition) is 3. The van der Waals surface area contributed by atoms with Crippen molar-refractivity contribution in [3.05, 3.63) is 71.8 Å². The van der Waals surface area contributed by atoms with Crippen LogP contribution in [-0.4, -0.2) is 60.3 Å². The van der Waals surface area contributed by atoms with Gasteiger partial charge >= 0.3 is 0 Å². The standard InChI is InChI=1S/C24H30N2O/c27-20-15-24-21-25(16-7-13-22-9-3-1-4-10-22)18-19-26(24)17-8-14-23-11-5-2-6-12-23/h1-6,9-12,24,27H,8,14-21H2/t24-/m1/s1. The first kappa shape index (κ1) is 19.6. The molecule has 1 atom stereocenters. The van der Waals surface area contributed by atoms with Crippen LogP contribution in [0.4, 0.5) is 0 Å². The molecule has 27 heavy (non-hydrogen) atoms. The molecular formula is C24H30N2O. The summed E-state index contributed by atoms with van der Waals surface area (Å²) in [6.07, 6.45) is 3.13. The third-order valence-corrected chi connectivity index (χ3v) is 5.21. The first-order chi connectivity index (χ1) is 13.3. The molecule has 0 aromatic heterocycles. The topological polar surface area (TPSA) is 26.7 Å². The SMILES string of the molecule is OCC[C@@H]1CN(CC#Cc2ccccc2)CCN1CCCc1ccccc1. The number of aryl methyl sites for hydroxylation is 1. The maximum absolute atomic E-state index is 9.48. The summed E-state index contributed by atoms with van der Waals surface area (Å²) in [7, 11) is 0. The molecule has 3 rings (SSSR count). The lowest BCUT2D eigenvalue weighted by Gasteiger charge is -2.41. The molecule has 0 saturated carbocycles. The summed E-state index contributed by atoms with van der Waals surface area (Å²) in [5.41, 5.74) is 2.48.